The molecule has 1 aromatic heterocycles. The fourth-order valence-corrected chi connectivity index (χ4v) is 3.08. The Balaban J connectivity index is 2.03. The van der Waals surface area contributed by atoms with E-state index in [0.717, 1.165) is 0 Å². The highest BCUT2D eigenvalue weighted by Gasteiger charge is 2.31. The van der Waals surface area contributed by atoms with E-state index in [9.17, 15) is 20.0 Å². The van der Waals surface area contributed by atoms with Gasteiger partial charge in [-0.1, -0.05) is 0 Å². The first-order valence-electron chi connectivity index (χ1n) is 6.74. The Morgan fingerprint density at radius 1 is 1.59 bits per heavy atom. The number of aromatic nitrogens is 1. The van der Waals surface area contributed by atoms with Crippen LogP contribution in [0.1, 0.15) is 12.8 Å². The lowest BCUT2D eigenvalue weighted by Gasteiger charge is -2.34. The number of anilines is 1. The molecule has 1 N–H and O–H groups in total. The molecule has 22 heavy (non-hydrogen) atoms. The van der Waals surface area contributed by atoms with Crippen molar-refractivity contribution in [3.63, 3.8) is 0 Å². The maximum absolute atomic E-state index is 11.3. The second-order valence-electron chi connectivity index (χ2n) is 5.05. The van der Waals surface area contributed by atoms with Gasteiger partial charge >= 0.3 is 5.97 Å². The number of hydrogen-bond acceptors (Lipinski definition) is 7. The summed E-state index contributed by atoms with van der Waals surface area (Å²) in [6, 6.07) is 1.41. The summed E-state index contributed by atoms with van der Waals surface area (Å²) in [6.07, 6.45) is 1.33. The average molecular weight is 374 g/mol. The van der Waals surface area contributed by atoms with Crippen molar-refractivity contribution in [3.8, 4) is 0 Å². The molecule has 9 heteroatoms. The molecule has 2 rings (SSSR count). The lowest BCUT2D eigenvalue weighted by molar-refractivity contribution is -0.385. The maximum atomic E-state index is 11.3. The molecule has 0 bridgehead atoms. The van der Waals surface area contributed by atoms with Crippen molar-refractivity contribution in [2.24, 2.45) is 5.92 Å². The largest absolute Gasteiger partial charge is 0.467 e. The Kier molecular flexibility index (Phi) is 5.30. The number of carbonyl (C=O) groups excluding carboxylic acids is 1. The van der Waals surface area contributed by atoms with Gasteiger partial charge in [-0.3, -0.25) is 10.1 Å². The number of hydrogen-bond donors (Lipinski definition) is 1. The molecule has 8 nitrogen and oxygen atoms in total. The Labute approximate surface area is 135 Å². The molecule has 0 amide bonds. The predicted molar refractivity (Wildman–Crippen MR) is 81.6 cm³/mol. The van der Waals surface area contributed by atoms with E-state index in [1.807, 2.05) is 4.90 Å². The minimum Gasteiger partial charge on any atom is -0.467 e. The van der Waals surface area contributed by atoms with E-state index in [0.29, 0.717) is 36.2 Å². The van der Waals surface area contributed by atoms with Gasteiger partial charge in [0.05, 0.1) is 16.5 Å². The lowest BCUT2D eigenvalue weighted by atomic mass is 9.91. The fraction of sp³-hybridized carbons (Fsp3) is 0.538. The maximum Gasteiger partial charge on any atom is 0.334 e. The first-order valence-corrected chi connectivity index (χ1v) is 7.54. The SMILES string of the molecule is COC(=O)C(O)C1CCN(c2ncc([N+](=O)[O-])cc2Br)CC1. The number of halogens is 1. The van der Waals surface area contributed by atoms with Crippen LogP contribution in [-0.4, -0.2) is 47.3 Å². The number of esters is 1. The van der Waals surface area contributed by atoms with Crippen LogP contribution in [0.5, 0.6) is 0 Å². The van der Waals surface area contributed by atoms with Gasteiger partial charge in [0, 0.05) is 19.2 Å². The van der Waals surface area contributed by atoms with E-state index in [1.54, 1.807) is 0 Å². The van der Waals surface area contributed by atoms with E-state index in [4.69, 9.17) is 0 Å². The highest BCUT2D eigenvalue weighted by Crippen LogP contribution is 2.31. The number of piperidine rings is 1. The van der Waals surface area contributed by atoms with Gasteiger partial charge in [-0.05, 0) is 34.7 Å². The Morgan fingerprint density at radius 3 is 2.73 bits per heavy atom. The van der Waals surface area contributed by atoms with E-state index in [-0.39, 0.29) is 11.6 Å². The Bertz CT molecular complexity index is 575. The minimum atomic E-state index is -1.11. The number of carbonyl (C=O) groups is 1. The average Bonchev–Trinajstić information content (AvgIpc) is 2.53. The van der Waals surface area contributed by atoms with Crippen LogP contribution >= 0.6 is 15.9 Å². The number of aliphatic hydroxyl groups is 1. The zero-order valence-corrected chi connectivity index (χ0v) is 13.5. The summed E-state index contributed by atoms with van der Waals surface area (Å²) in [7, 11) is 1.25. The normalized spacial score (nSPS) is 17.1. The molecule has 1 aliphatic heterocycles. The van der Waals surface area contributed by atoms with Gasteiger partial charge in [-0.25, -0.2) is 9.78 Å². The molecule has 1 unspecified atom stereocenters. The third kappa shape index (κ3) is 3.53. The second kappa shape index (κ2) is 7.01. The number of nitro groups is 1. The van der Waals surface area contributed by atoms with Gasteiger partial charge in [0.25, 0.3) is 5.69 Å². The zero-order valence-electron chi connectivity index (χ0n) is 11.9. The molecule has 1 saturated heterocycles. The molecule has 0 spiro atoms. The summed E-state index contributed by atoms with van der Waals surface area (Å²) in [5.41, 5.74) is -0.0772. The quantitative estimate of drug-likeness (QED) is 0.484. The molecule has 1 atom stereocenters. The number of aliphatic hydroxyl groups excluding tert-OH is 1. The molecule has 0 aromatic carbocycles. The van der Waals surface area contributed by atoms with Crippen molar-refractivity contribution < 1.29 is 19.6 Å². The van der Waals surface area contributed by atoms with Crippen LogP contribution in [0.3, 0.4) is 0 Å². The van der Waals surface area contributed by atoms with Crippen molar-refractivity contribution >= 4 is 33.4 Å². The van der Waals surface area contributed by atoms with Gasteiger partial charge in [0.2, 0.25) is 0 Å². The standard InChI is InChI=1S/C13H16BrN3O5/c1-22-13(19)11(18)8-2-4-16(5-3-8)12-10(14)6-9(7-15-12)17(20)21/h6-8,11,18H,2-5H2,1H3. The molecular formula is C13H16BrN3O5. The minimum absolute atomic E-state index is 0.0772. The number of pyridine rings is 1. The van der Waals surface area contributed by atoms with Crippen LogP contribution < -0.4 is 4.90 Å². The molecule has 120 valence electrons. The van der Waals surface area contributed by atoms with Crippen LogP contribution in [0.4, 0.5) is 11.5 Å². The summed E-state index contributed by atoms with van der Waals surface area (Å²) in [5.74, 6) is -0.148. The smallest absolute Gasteiger partial charge is 0.334 e. The molecule has 0 aliphatic carbocycles. The van der Waals surface area contributed by atoms with Crippen LogP contribution in [0.25, 0.3) is 0 Å². The van der Waals surface area contributed by atoms with Crippen molar-refractivity contribution in [2.75, 3.05) is 25.1 Å². The molecular weight excluding hydrogens is 358 g/mol. The van der Waals surface area contributed by atoms with Gasteiger partial charge in [-0.15, -0.1) is 0 Å². The van der Waals surface area contributed by atoms with Gasteiger partial charge in [-0.2, -0.15) is 0 Å². The Morgan fingerprint density at radius 2 is 2.23 bits per heavy atom. The summed E-state index contributed by atoms with van der Waals surface area (Å²) < 4.78 is 5.09. The third-order valence-electron chi connectivity index (χ3n) is 3.75. The summed E-state index contributed by atoms with van der Waals surface area (Å²) in [4.78, 5) is 27.7. The lowest BCUT2D eigenvalue weighted by Crippen LogP contribution is -2.41. The van der Waals surface area contributed by atoms with Crippen molar-refractivity contribution in [2.45, 2.75) is 18.9 Å². The number of rotatable bonds is 4. The van der Waals surface area contributed by atoms with Crippen LogP contribution in [0.2, 0.25) is 0 Å². The first-order chi connectivity index (χ1) is 10.4. The number of methoxy groups -OCH3 is 1. The summed E-state index contributed by atoms with van der Waals surface area (Å²) >= 11 is 3.30. The third-order valence-corrected chi connectivity index (χ3v) is 4.33. The van der Waals surface area contributed by atoms with Crippen LogP contribution in [0, 0.1) is 16.0 Å². The van der Waals surface area contributed by atoms with Crippen LogP contribution in [-0.2, 0) is 9.53 Å². The van der Waals surface area contributed by atoms with E-state index in [2.05, 4.69) is 25.7 Å². The predicted octanol–water partition coefficient (Wildman–Crippen LogP) is 1.50. The van der Waals surface area contributed by atoms with Crippen molar-refractivity contribution in [3.05, 3.63) is 26.9 Å². The first kappa shape index (κ1) is 16.6. The Hall–Kier alpha value is -1.74. The highest BCUT2D eigenvalue weighted by molar-refractivity contribution is 9.10. The van der Waals surface area contributed by atoms with Crippen molar-refractivity contribution in [1.29, 1.82) is 0 Å². The number of ether oxygens (including phenoxy) is 1. The summed E-state index contributed by atoms with van der Waals surface area (Å²) in [5, 5.41) is 20.6. The second-order valence-corrected chi connectivity index (χ2v) is 5.90. The van der Waals surface area contributed by atoms with E-state index < -0.39 is 17.0 Å². The highest BCUT2D eigenvalue weighted by atomic mass is 79.9. The molecule has 1 aliphatic rings. The molecule has 1 aromatic rings. The van der Waals surface area contributed by atoms with Gasteiger partial charge in [0.1, 0.15) is 12.0 Å². The van der Waals surface area contributed by atoms with E-state index >= 15 is 0 Å². The zero-order chi connectivity index (χ0) is 16.3. The fourth-order valence-electron chi connectivity index (χ4n) is 2.49. The van der Waals surface area contributed by atoms with Crippen molar-refractivity contribution in [1.82, 2.24) is 4.98 Å². The molecule has 1 fully saturated rings. The molecule has 0 radical (unpaired) electrons. The van der Waals surface area contributed by atoms with Gasteiger partial charge in [0.15, 0.2) is 6.10 Å². The van der Waals surface area contributed by atoms with Gasteiger partial charge < -0.3 is 14.7 Å². The molecule has 0 saturated carbocycles. The summed E-state index contributed by atoms with van der Waals surface area (Å²) in [6.45, 7) is 1.20. The molecule has 2 heterocycles. The monoisotopic (exact) mass is 373 g/mol. The van der Waals surface area contributed by atoms with E-state index in [1.165, 1.54) is 19.4 Å². The van der Waals surface area contributed by atoms with Crippen LogP contribution in [0.15, 0.2) is 16.7 Å². The number of nitrogens with zero attached hydrogens (tertiary/aromatic N) is 3. The topological polar surface area (TPSA) is 106 Å².